The van der Waals surface area contributed by atoms with Crippen molar-refractivity contribution in [2.45, 2.75) is 47.6 Å². The Kier molecular flexibility index (Phi) is 8.09. The molecule has 0 bridgehead atoms. The molecular formula is C14H25NOS. The summed E-state index contributed by atoms with van der Waals surface area (Å²) >= 11 is 0. The van der Waals surface area contributed by atoms with Gasteiger partial charge in [-0.2, -0.15) is 0 Å². The van der Waals surface area contributed by atoms with E-state index in [0.717, 1.165) is 11.4 Å². The summed E-state index contributed by atoms with van der Waals surface area (Å²) in [5.41, 5.74) is 1.17. The van der Waals surface area contributed by atoms with Crippen molar-refractivity contribution in [1.82, 2.24) is 4.31 Å². The second-order valence-corrected chi connectivity index (χ2v) is 5.57. The van der Waals surface area contributed by atoms with Crippen LogP contribution >= 0.6 is 0 Å². The zero-order chi connectivity index (χ0) is 13.4. The fourth-order valence-corrected chi connectivity index (χ4v) is 2.65. The topological polar surface area (TPSA) is 20.3 Å². The predicted octanol–water partition coefficient (Wildman–Crippen LogP) is 3.81. The molecule has 0 fully saturated rings. The van der Waals surface area contributed by atoms with Crippen LogP contribution in [0.1, 0.15) is 41.5 Å². The van der Waals surface area contributed by atoms with Crippen LogP contribution in [-0.2, 0) is 11.0 Å². The quantitative estimate of drug-likeness (QED) is 0.661. The average molecular weight is 255 g/mol. The number of allylic oxidation sites excluding steroid dienone is 5. The van der Waals surface area contributed by atoms with Crippen molar-refractivity contribution in [2.75, 3.05) is 6.54 Å². The molecular weight excluding hydrogens is 230 g/mol. The summed E-state index contributed by atoms with van der Waals surface area (Å²) in [7, 11) is -1.06. The standard InChI is InChI=1S/C14H25NOS/c1-7-13(6)10-11-14(8-2)17(16)15(9-3)12(4)5/h7-8,10-12H,9H2,1-6H3/b11-10-,13-7-,14-8+. The lowest BCUT2D eigenvalue weighted by molar-refractivity contribution is 0.397. The maximum atomic E-state index is 12.3. The van der Waals surface area contributed by atoms with Gasteiger partial charge in [-0.3, -0.25) is 0 Å². The monoisotopic (exact) mass is 255 g/mol. The van der Waals surface area contributed by atoms with Crippen LogP contribution in [0.25, 0.3) is 0 Å². The van der Waals surface area contributed by atoms with E-state index >= 15 is 0 Å². The molecule has 1 atom stereocenters. The first kappa shape index (κ1) is 16.3. The molecule has 1 unspecified atom stereocenters. The third-order valence-corrected chi connectivity index (χ3v) is 4.43. The Labute approximate surface area is 109 Å². The Morgan fingerprint density at radius 1 is 1.24 bits per heavy atom. The summed E-state index contributed by atoms with van der Waals surface area (Å²) in [6.45, 7) is 12.9. The minimum Gasteiger partial charge on any atom is -0.237 e. The van der Waals surface area contributed by atoms with Gasteiger partial charge >= 0.3 is 0 Å². The maximum absolute atomic E-state index is 12.3. The molecule has 0 aliphatic rings. The van der Waals surface area contributed by atoms with E-state index in [4.69, 9.17) is 0 Å². The van der Waals surface area contributed by atoms with E-state index in [2.05, 4.69) is 13.8 Å². The van der Waals surface area contributed by atoms with Crippen molar-refractivity contribution < 1.29 is 4.21 Å². The highest BCUT2D eigenvalue weighted by Crippen LogP contribution is 2.13. The average Bonchev–Trinajstić information content (AvgIpc) is 2.29. The van der Waals surface area contributed by atoms with Gasteiger partial charge in [0.15, 0.2) is 0 Å². The molecule has 0 saturated heterocycles. The van der Waals surface area contributed by atoms with Crippen LogP contribution in [0.3, 0.4) is 0 Å². The molecule has 0 amide bonds. The third kappa shape index (κ3) is 5.46. The van der Waals surface area contributed by atoms with Crippen LogP contribution in [-0.4, -0.2) is 21.1 Å². The van der Waals surface area contributed by atoms with E-state index in [1.54, 1.807) is 0 Å². The van der Waals surface area contributed by atoms with E-state index < -0.39 is 11.0 Å². The van der Waals surface area contributed by atoms with Crippen molar-refractivity contribution >= 4 is 11.0 Å². The molecule has 17 heavy (non-hydrogen) atoms. The first-order chi connectivity index (χ1) is 7.97. The van der Waals surface area contributed by atoms with Crippen LogP contribution in [0, 0.1) is 0 Å². The van der Waals surface area contributed by atoms with Gasteiger partial charge < -0.3 is 0 Å². The predicted molar refractivity (Wildman–Crippen MR) is 78.0 cm³/mol. The van der Waals surface area contributed by atoms with Gasteiger partial charge in [0.05, 0.1) is 4.91 Å². The number of nitrogens with zero attached hydrogens (tertiary/aromatic N) is 1. The van der Waals surface area contributed by atoms with Crippen molar-refractivity contribution in [3.8, 4) is 0 Å². The second-order valence-electron chi connectivity index (χ2n) is 4.13. The summed E-state index contributed by atoms with van der Waals surface area (Å²) in [6.07, 6.45) is 7.89. The first-order valence-corrected chi connectivity index (χ1v) is 7.24. The normalized spacial score (nSPS) is 16.2. The molecule has 0 aliphatic carbocycles. The van der Waals surface area contributed by atoms with Gasteiger partial charge in [-0.15, -0.1) is 0 Å². The third-order valence-electron chi connectivity index (χ3n) is 2.55. The fourth-order valence-electron chi connectivity index (χ4n) is 1.37. The zero-order valence-corrected chi connectivity index (χ0v) is 12.7. The van der Waals surface area contributed by atoms with Crippen molar-refractivity contribution in [2.24, 2.45) is 0 Å². The SMILES string of the molecule is C\C=C(C)/C=C\C(=C/C)S(=O)N(CC)C(C)C. The van der Waals surface area contributed by atoms with E-state index in [1.807, 2.05) is 56.3 Å². The number of hydrogen-bond acceptors (Lipinski definition) is 1. The number of hydrogen-bond donors (Lipinski definition) is 0. The van der Waals surface area contributed by atoms with Gasteiger partial charge in [-0.1, -0.05) is 30.7 Å². The molecule has 98 valence electrons. The van der Waals surface area contributed by atoms with Gasteiger partial charge in [0.2, 0.25) is 0 Å². The highest BCUT2D eigenvalue weighted by molar-refractivity contribution is 7.86. The van der Waals surface area contributed by atoms with E-state index in [-0.39, 0.29) is 6.04 Å². The summed E-state index contributed by atoms with van der Waals surface area (Å²) in [5.74, 6) is 0. The molecule has 0 aromatic rings. The Morgan fingerprint density at radius 2 is 1.82 bits per heavy atom. The molecule has 0 heterocycles. The molecule has 2 nitrogen and oxygen atoms in total. The molecule has 0 radical (unpaired) electrons. The van der Waals surface area contributed by atoms with Crippen molar-refractivity contribution in [1.29, 1.82) is 0 Å². The molecule has 0 aliphatic heterocycles. The molecule has 0 rings (SSSR count). The van der Waals surface area contributed by atoms with Crippen LogP contribution in [0.5, 0.6) is 0 Å². The van der Waals surface area contributed by atoms with Crippen LogP contribution in [0.15, 0.2) is 34.8 Å². The first-order valence-electron chi connectivity index (χ1n) is 6.13. The van der Waals surface area contributed by atoms with Crippen LogP contribution < -0.4 is 0 Å². The van der Waals surface area contributed by atoms with Crippen LogP contribution in [0.4, 0.5) is 0 Å². The molecule has 0 saturated carbocycles. The molecule has 3 heteroatoms. The van der Waals surface area contributed by atoms with Gasteiger partial charge in [-0.05, 0) is 40.7 Å². The number of rotatable bonds is 6. The summed E-state index contributed by atoms with van der Waals surface area (Å²) in [5, 5.41) is 0. The molecule has 0 aromatic heterocycles. The van der Waals surface area contributed by atoms with E-state index in [9.17, 15) is 4.21 Å². The lowest BCUT2D eigenvalue weighted by Gasteiger charge is -2.23. The zero-order valence-electron chi connectivity index (χ0n) is 11.9. The fraction of sp³-hybridized carbons (Fsp3) is 0.571. The highest BCUT2D eigenvalue weighted by Gasteiger charge is 2.16. The molecule has 0 N–H and O–H groups in total. The van der Waals surface area contributed by atoms with E-state index in [1.165, 1.54) is 5.57 Å². The Morgan fingerprint density at radius 3 is 2.18 bits per heavy atom. The smallest absolute Gasteiger partial charge is 0.127 e. The Balaban J connectivity index is 4.91. The molecule has 0 spiro atoms. The highest BCUT2D eigenvalue weighted by atomic mass is 32.2. The van der Waals surface area contributed by atoms with Gasteiger partial charge in [0.25, 0.3) is 0 Å². The summed E-state index contributed by atoms with van der Waals surface area (Å²) in [4.78, 5) is 0.863. The Hall–Kier alpha value is -0.670. The Bertz CT molecular complexity index is 340. The lowest BCUT2D eigenvalue weighted by Crippen LogP contribution is -2.32. The minimum absolute atomic E-state index is 0.284. The lowest BCUT2D eigenvalue weighted by atomic mass is 10.2. The van der Waals surface area contributed by atoms with Crippen LogP contribution in [0.2, 0.25) is 0 Å². The van der Waals surface area contributed by atoms with Gasteiger partial charge in [-0.25, -0.2) is 8.51 Å². The van der Waals surface area contributed by atoms with Gasteiger partial charge in [0, 0.05) is 12.6 Å². The van der Waals surface area contributed by atoms with Crippen molar-refractivity contribution in [3.05, 3.63) is 34.8 Å². The van der Waals surface area contributed by atoms with E-state index in [0.29, 0.717) is 0 Å². The summed E-state index contributed by atoms with van der Waals surface area (Å²) in [6, 6.07) is 0.284. The summed E-state index contributed by atoms with van der Waals surface area (Å²) < 4.78 is 14.3. The van der Waals surface area contributed by atoms with Crippen molar-refractivity contribution in [3.63, 3.8) is 0 Å². The minimum atomic E-state index is -1.06. The largest absolute Gasteiger partial charge is 0.237 e. The van der Waals surface area contributed by atoms with Gasteiger partial charge in [0.1, 0.15) is 11.0 Å². The molecule has 0 aromatic carbocycles. The maximum Gasteiger partial charge on any atom is 0.127 e. The second kappa shape index (κ2) is 8.43.